The van der Waals surface area contributed by atoms with E-state index in [9.17, 15) is 4.79 Å². The zero-order valence-corrected chi connectivity index (χ0v) is 19.7. The van der Waals surface area contributed by atoms with Crippen molar-refractivity contribution in [3.63, 3.8) is 0 Å². The summed E-state index contributed by atoms with van der Waals surface area (Å²) in [5.74, 6) is 0. The molecule has 0 saturated heterocycles. The van der Waals surface area contributed by atoms with Gasteiger partial charge in [0.2, 0.25) is 10.4 Å². The summed E-state index contributed by atoms with van der Waals surface area (Å²) < 4.78 is 40.6. The van der Waals surface area contributed by atoms with E-state index in [-0.39, 0.29) is 5.63 Å². The predicted molar refractivity (Wildman–Crippen MR) is 130 cm³/mol. The van der Waals surface area contributed by atoms with E-state index >= 15 is 0 Å². The number of aromatic nitrogens is 1. The molecule has 34 heavy (non-hydrogen) atoms. The van der Waals surface area contributed by atoms with Gasteiger partial charge in [0, 0.05) is 53.5 Å². The average Bonchev–Trinajstić information content (AvgIpc) is 2.80. The van der Waals surface area contributed by atoms with Crippen LogP contribution in [0.2, 0.25) is 0 Å². The highest BCUT2D eigenvalue weighted by atomic mass is 32.3. The molecule has 8 nitrogen and oxygen atoms in total. The molecule has 4 aromatic rings. The largest absolute Gasteiger partial charge is 0.726 e. The van der Waals surface area contributed by atoms with Crippen LogP contribution < -0.4 is 15.1 Å². The molecule has 4 rings (SSSR count). The molecule has 0 radical (unpaired) electrons. The quantitative estimate of drug-likeness (QED) is 0.193. The summed E-state index contributed by atoms with van der Waals surface area (Å²) in [5, 5.41) is 0.927. The summed E-state index contributed by atoms with van der Waals surface area (Å²) in [4.78, 5) is 14.9. The third-order valence-electron chi connectivity index (χ3n) is 5.26. The molecule has 2 heterocycles. The second kappa shape index (κ2) is 11.1. The molecule has 178 valence electrons. The van der Waals surface area contributed by atoms with Crippen LogP contribution in [0.25, 0.3) is 22.1 Å². The summed E-state index contributed by atoms with van der Waals surface area (Å²) in [6.07, 6.45) is 3.99. The van der Waals surface area contributed by atoms with Crippen LogP contribution in [0.15, 0.2) is 88.3 Å². The Bertz CT molecular complexity index is 1390. The van der Waals surface area contributed by atoms with Crippen molar-refractivity contribution in [3.8, 4) is 11.1 Å². The van der Waals surface area contributed by atoms with Crippen molar-refractivity contribution in [2.45, 2.75) is 20.4 Å². The number of benzene rings is 2. The van der Waals surface area contributed by atoms with E-state index in [4.69, 9.17) is 21.9 Å². The van der Waals surface area contributed by atoms with E-state index in [0.717, 1.165) is 36.3 Å². The molecule has 0 atom stereocenters. The van der Waals surface area contributed by atoms with Gasteiger partial charge in [-0.05, 0) is 32.0 Å². The normalized spacial score (nSPS) is 11.1. The number of hydrogen-bond acceptors (Lipinski definition) is 6. The van der Waals surface area contributed by atoms with Gasteiger partial charge < -0.3 is 13.9 Å². The highest BCUT2D eigenvalue weighted by Crippen LogP contribution is 2.24. The molecular formula is C25H26N2O6S. The van der Waals surface area contributed by atoms with Crippen molar-refractivity contribution in [2.24, 2.45) is 0 Å². The molecule has 0 aliphatic heterocycles. The number of pyridine rings is 1. The van der Waals surface area contributed by atoms with Gasteiger partial charge in [-0.3, -0.25) is 4.55 Å². The topological polar surface area (TPSA) is 115 Å². The van der Waals surface area contributed by atoms with Crippen LogP contribution >= 0.6 is 0 Å². The van der Waals surface area contributed by atoms with Crippen molar-refractivity contribution >= 4 is 27.1 Å². The molecular weight excluding hydrogens is 456 g/mol. The predicted octanol–water partition coefficient (Wildman–Crippen LogP) is 3.65. The van der Waals surface area contributed by atoms with E-state index in [0.29, 0.717) is 11.1 Å². The average molecular weight is 483 g/mol. The van der Waals surface area contributed by atoms with Gasteiger partial charge in [0.1, 0.15) is 5.58 Å². The highest BCUT2D eigenvalue weighted by Gasteiger charge is 2.12. The second-order valence-corrected chi connectivity index (χ2v) is 8.37. The Morgan fingerprint density at radius 3 is 2.18 bits per heavy atom. The van der Waals surface area contributed by atoms with Crippen LogP contribution in [0.3, 0.4) is 0 Å². The molecule has 0 unspecified atom stereocenters. The fourth-order valence-electron chi connectivity index (χ4n) is 3.62. The molecule has 0 bridgehead atoms. The van der Waals surface area contributed by atoms with Crippen LogP contribution in [-0.4, -0.2) is 30.6 Å². The van der Waals surface area contributed by atoms with E-state index in [1.807, 2.05) is 60.9 Å². The fraction of sp³-hybridized carbons (Fsp3) is 0.200. The van der Waals surface area contributed by atoms with Crippen molar-refractivity contribution in [1.29, 1.82) is 0 Å². The number of rotatable bonds is 6. The van der Waals surface area contributed by atoms with Crippen molar-refractivity contribution in [3.05, 3.63) is 95.1 Å². The lowest BCUT2D eigenvalue weighted by Crippen LogP contribution is -2.33. The monoisotopic (exact) mass is 482 g/mol. The minimum Gasteiger partial charge on any atom is -0.726 e. The lowest BCUT2D eigenvalue weighted by atomic mass is 10.1. The van der Waals surface area contributed by atoms with E-state index in [2.05, 4.69) is 41.5 Å². The van der Waals surface area contributed by atoms with Gasteiger partial charge >= 0.3 is 5.63 Å². The van der Waals surface area contributed by atoms with Crippen molar-refractivity contribution in [2.75, 3.05) is 18.0 Å². The standard InChI is InChI=1S/C25H25N2O2.H2O4S/c1-3-27(4-2)22-11-10-21-16-23(25(28)29-24(21)17-22)20-12-14-26(15-13-20)18-19-8-6-5-7-9-19;1-5(2,3)4/h5-17H,3-4,18H2,1-2H3;(H2,1,2,3,4)/q+1;/p-1. The zero-order valence-electron chi connectivity index (χ0n) is 18.9. The lowest BCUT2D eigenvalue weighted by molar-refractivity contribution is -0.688. The number of fused-ring (bicyclic) bond motifs is 1. The smallest absolute Gasteiger partial charge is 0.344 e. The van der Waals surface area contributed by atoms with Crippen molar-refractivity contribution in [1.82, 2.24) is 0 Å². The van der Waals surface area contributed by atoms with Gasteiger partial charge in [-0.1, -0.05) is 30.3 Å². The minimum absolute atomic E-state index is 0.310. The van der Waals surface area contributed by atoms with Gasteiger partial charge in [-0.2, -0.15) is 0 Å². The van der Waals surface area contributed by atoms with Crippen LogP contribution in [0.4, 0.5) is 5.69 Å². The molecule has 0 spiro atoms. The van der Waals surface area contributed by atoms with Gasteiger partial charge in [-0.15, -0.1) is 0 Å². The van der Waals surface area contributed by atoms with Gasteiger partial charge in [0.25, 0.3) is 0 Å². The Balaban J connectivity index is 0.000000588. The molecule has 0 aliphatic rings. The number of anilines is 1. The summed E-state index contributed by atoms with van der Waals surface area (Å²) in [5.41, 5.74) is 4.06. The summed E-state index contributed by atoms with van der Waals surface area (Å²) in [7, 11) is -4.92. The third kappa shape index (κ3) is 6.98. The minimum atomic E-state index is -4.92. The van der Waals surface area contributed by atoms with Crippen LogP contribution in [0.1, 0.15) is 19.4 Å². The molecule has 0 aliphatic carbocycles. The molecule has 0 amide bonds. The first kappa shape index (κ1) is 25.1. The molecule has 1 N–H and O–H groups in total. The second-order valence-electron chi connectivity index (χ2n) is 7.51. The molecule has 2 aromatic heterocycles. The fourth-order valence-corrected chi connectivity index (χ4v) is 3.62. The van der Waals surface area contributed by atoms with Crippen LogP contribution in [0, 0.1) is 0 Å². The Hall–Kier alpha value is -3.53. The Morgan fingerprint density at radius 1 is 0.971 bits per heavy atom. The zero-order chi connectivity index (χ0) is 24.7. The first-order valence-electron chi connectivity index (χ1n) is 10.7. The number of hydrogen-bond donors (Lipinski definition) is 1. The van der Waals surface area contributed by atoms with E-state index < -0.39 is 10.4 Å². The van der Waals surface area contributed by atoms with E-state index in [1.54, 1.807) is 0 Å². The maximum Gasteiger partial charge on any atom is 0.344 e. The van der Waals surface area contributed by atoms with Gasteiger partial charge in [0.05, 0.1) is 5.56 Å². The summed E-state index contributed by atoms with van der Waals surface area (Å²) in [6.45, 7) is 6.86. The van der Waals surface area contributed by atoms with Gasteiger partial charge in [-0.25, -0.2) is 17.8 Å². The maximum atomic E-state index is 12.6. The first-order valence-corrected chi connectivity index (χ1v) is 12.1. The molecule has 0 fully saturated rings. The van der Waals surface area contributed by atoms with E-state index in [1.165, 1.54) is 5.56 Å². The molecule has 0 saturated carbocycles. The van der Waals surface area contributed by atoms with Crippen LogP contribution in [-0.2, 0) is 16.9 Å². The maximum absolute atomic E-state index is 12.6. The highest BCUT2D eigenvalue weighted by molar-refractivity contribution is 7.79. The molecule has 2 aromatic carbocycles. The molecule has 9 heteroatoms. The SMILES string of the molecule is CCN(CC)c1ccc2cc(-c3cc[n+](Cc4ccccc4)cc3)c(=O)oc2c1.O=S(=O)([O-])O. The first-order chi connectivity index (χ1) is 16.2. The third-order valence-corrected chi connectivity index (χ3v) is 5.26. The van der Waals surface area contributed by atoms with Crippen LogP contribution in [0.5, 0.6) is 0 Å². The lowest BCUT2D eigenvalue weighted by Gasteiger charge is -2.21. The van der Waals surface area contributed by atoms with Gasteiger partial charge in [0.15, 0.2) is 18.9 Å². The Kier molecular flexibility index (Phi) is 8.17. The summed E-state index contributed by atoms with van der Waals surface area (Å²) >= 11 is 0. The summed E-state index contributed by atoms with van der Waals surface area (Å²) in [6, 6.07) is 22.2. The Morgan fingerprint density at radius 2 is 1.59 bits per heavy atom. The number of nitrogens with zero attached hydrogens (tertiary/aromatic N) is 2. The van der Waals surface area contributed by atoms with Crippen molar-refractivity contribution < 1.29 is 26.5 Å². The Labute approximate surface area is 198 Å².